The van der Waals surface area contributed by atoms with Crippen molar-refractivity contribution in [1.82, 2.24) is 4.98 Å². The molecule has 0 amide bonds. The second-order valence-corrected chi connectivity index (χ2v) is 9.82. The lowest BCUT2D eigenvalue weighted by Crippen LogP contribution is -2.33. The SMILES string of the molecule is CCOc1ccc(S(=O)(=O)c2nc(Cc3ccccc3)oc2N2CCC(C)CC2)cc1. The summed E-state index contributed by atoms with van der Waals surface area (Å²) in [7, 11) is -3.84. The van der Waals surface area contributed by atoms with E-state index in [-0.39, 0.29) is 9.92 Å². The lowest BCUT2D eigenvalue weighted by Gasteiger charge is -2.30. The molecule has 3 aromatic rings. The van der Waals surface area contributed by atoms with E-state index >= 15 is 0 Å². The number of rotatable bonds is 7. The summed E-state index contributed by atoms with van der Waals surface area (Å²) in [5.41, 5.74) is 1.02. The summed E-state index contributed by atoms with van der Waals surface area (Å²) in [5.74, 6) is 2.02. The molecule has 2 aromatic carbocycles. The summed E-state index contributed by atoms with van der Waals surface area (Å²) in [6, 6.07) is 16.3. The minimum absolute atomic E-state index is 0.00264. The van der Waals surface area contributed by atoms with Crippen molar-refractivity contribution in [1.29, 1.82) is 0 Å². The van der Waals surface area contributed by atoms with Crippen molar-refractivity contribution in [3.8, 4) is 5.75 Å². The molecule has 0 unspecified atom stereocenters. The maximum Gasteiger partial charge on any atom is 0.236 e. The highest BCUT2D eigenvalue weighted by Crippen LogP contribution is 2.34. The molecule has 0 saturated carbocycles. The van der Waals surface area contributed by atoms with Gasteiger partial charge in [0.15, 0.2) is 0 Å². The van der Waals surface area contributed by atoms with Crippen molar-refractivity contribution in [2.75, 3.05) is 24.6 Å². The fraction of sp³-hybridized carbons (Fsp3) is 0.375. The van der Waals surface area contributed by atoms with Gasteiger partial charge < -0.3 is 14.1 Å². The maximum absolute atomic E-state index is 13.5. The summed E-state index contributed by atoms with van der Waals surface area (Å²) < 4.78 is 38.5. The van der Waals surface area contributed by atoms with Crippen LogP contribution < -0.4 is 9.64 Å². The highest BCUT2D eigenvalue weighted by Gasteiger charge is 2.32. The summed E-state index contributed by atoms with van der Waals surface area (Å²) in [4.78, 5) is 6.68. The molecule has 0 atom stereocenters. The van der Waals surface area contributed by atoms with Crippen LogP contribution in [0.2, 0.25) is 0 Å². The molecule has 1 aromatic heterocycles. The fourth-order valence-corrected chi connectivity index (χ4v) is 5.11. The molecule has 0 aliphatic carbocycles. The number of anilines is 1. The third-order valence-corrected chi connectivity index (χ3v) is 7.26. The first-order valence-corrected chi connectivity index (χ1v) is 12.2. The van der Waals surface area contributed by atoms with Gasteiger partial charge in [-0.15, -0.1) is 0 Å². The first kappa shape index (κ1) is 21.4. The molecule has 0 spiro atoms. The van der Waals surface area contributed by atoms with Gasteiger partial charge in [0, 0.05) is 19.5 Å². The van der Waals surface area contributed by atoms with Crippen LogP contribution in [0.3, 0.4) is 0 Å². The Bertz CT molecular complexity index is 1100. The summed E-state index contributed by atoms with van der Waals surface area (Å²) in [5, 5.41) is -0.00264. The Kier molecular flexibility index (Phi) is 6.32. The smallest absolute Gasteiger partial charge is 0.236 e. The molecule has 0 radical (unpaired) electrons. The molecule has 2 heterocycles. The van der Waals surface area contributed by atoms with Gasteiger partial charge >= 0.3 is 0 Å². The number of hydrogen-bond donors (Lipinski definition) is 0. The molecular formula is C24H28N2O4S. The van der Waals surface area contributed by atoms with Gasteiger partial charge in [0.2, 0.25) is 26.6 Å². The van der Waals surface area contributed by atoms with Crippen molar-refractivity contribution in [3.05, 3.63) is 66.1 Å². The average Bonchev–Trinajstić information content (AvgIpc) is 3.20. The fourth-order valence-electron chi connectivity index (χ4n) is 3.77. The normalized spacial score (nSPS) is 15.2. The predicted octanol–water partition coefficient (Wildman–Crippen LogP) is 4.73. The van der Waals surface area contributed by atoms with Crippen molar-refractivity contribution < 1.29 is 17.6 Å². The van der Waals surface area contributed by atoms with E-state index in [1.165, 1.54) is 0 Å². The lowest BCUT2D eigenvalue weighted by atomic mass is 9.99. The largest absolute Gasteiger partial charge is 0.494 e. The van der Waals surface area contributed by atoms with E-state index in [4.69, 9.17) is 9.15 Å². The van der Waals surface area contributed by atoms with Crippen LogP contribution >= 0.6 is 0 Å². The molecule has 7 heteroatoms. The van der Waals surface area contributed by atoms with Gasteiger partial charge in [0.1, 0.15) is 5.75 Å². The molecule has 4 rings (SSSR count). The number of aromatic nitrogens is 1. The number of ether oxygens (including phenoxy) is 1. The Morgan fingerprint density at radius 1 is 1.06 bits per heavy atom. The molecule has 6 nitrogen and oxygen atoms in total. The molecule has 0 N–H and O–H groups in total. The number of oxazole rings is 1. The van der Waals surface area contributed by atoms with E-state index in [1.807, 2.05) is 42.2 Å². The molecule has 1 saturated heterocycles. The van der Waals surface area contributed by atoms with Crippen LogP contribution in [0.25, 0.3) is 0 Å². The molecular weight excluding hydrogens is 412 g/mol. The van der Waals surface area contributed by atoms with Crippen molar-refractivity contribution >= 4 is 15.7 Å². The van der Waals surface area contributed by atoms with E-state index in [1.54, 1.807) is 24.3 Å². The Labute approximate surface area is 183 Å². The van der Waals surface area contributed by atoms with Gasteiger partial charge in [-0.2, -0.15) is 4.98 Å². The third kappa shape index (κ3) is 4.77. The van der Waals surface area contributed by atoms with Crippen LogP contribution in [0.5, 0.6) is 5.75 Å². The summed E-state index contributed by atoms with van der Waals surface area (Å²) >= 11 is 0. The summed E-state index contributed by atoms with van der Waals surface area (Å²) in [6.07, 6.45) is 2.44. The molecule has 31 heavy (non-hydrogen) atoms. The Morgan fingerprint density at radius 2 is 1.74 bits per heavy atom. The zero-order valence-corrected chi connectivity index (χ0v) is 18.8. The number of sulfone groups is 1. The number of hydrogen-bond acceptors (Lipinski definition) is 6. The summed E-state index contributed by atoms with van der Waals surface area (Å²) in [6.45, 7) is 6.14. The quantitative estimate of drug-likeness (QED) is 0.529. The number of benzene rings is 2. The van der Waals surface area contributed by atoms with Gasteiger partial charge in [-0.3, -0.25) is 0 Å². The van der Waals surface area contributed by atoms with Crippen molar-refractivity contribution in [2.45, 2.75) is 43.0 Å². The van der Waals surface area contributed by atoms with Gasteiger partial charge in [-0.05, 0) is 55.5 Å². The Hall–Kier alpha value is -2.80. The van der Waals surface area contributed by atoms with Crippen molar-refractivity contribution in [2.24, 2.45) is 5.92 Å². The zero-order valence-electron chi connectivity index (χ0n) is 18.0. The number of nitrogens with zero attached hydrogens (tertiary/aromatic N) is 2. The van der Waals surface area contributed by atoms with Gasteiger partial charge in [0.25, 0.3) is 0 Å². The third-order valence-electron chi connectivity index (χ3n) is 5.59. The van der Waals surface area contributed by atoms with E-state index in [0.29, 0.717) is 36.5 Å². The van der Waals surface area contributed by atoms with Gasteiger partial charge in [0.05, 0.1) is 11.5 Å². The molecule has 1 aliphatic heterocycles. The van der Waals surface area contributed by atoms with Crippen molar-refractivity contribution in [3.63, 3.8) is 0 Å². The predicted molar refractivity (Wildman–Crippen MR) is 119 cm³/mol. The highest BCUT2D eigenvalue weighted by molar-refractivity contribution is 7.91. The number of piperidine rings is 1. The van der Waals surface area contributed by atoms with E-state index in [2.05, 4.69) is 11.9 Å². The first-order chi connectivity index (χ1) is 15.0. The Balaban J connectivity index is 1.71. The van der Waals surface area contributed by atoms with E-state index in [0.717, 1.165) is 31.5 Å². The second-order valence-electron chi connectivity index (χ2n) is 7.96. The lowest BCUT2D eigenvalue weighted by molar-refractivity contribution is 0.340. The van der Waals surface area contributed by atoms with Crippen LogP contribution in [-0.4, -0.2) is 33.1 Å². The zero-order chi connectivity index (χ0) is 21.8. The molecule has 0 bridgehead atoms. The second kappa shape index (κ2) is 9.14. The standard InChI is InChI=1S/C24H28N2O4S/c1-3-29-20-9-11-21(12-10-20)31(27,28)23-24(26-15-13-18(2)14-16-26)30-22(25-23)17-19-7-5-4-6-8-19/h4-12,18H,3,13-17H2,1-2H3. The monoisotopic (exact) mass is 440 g/mol. The highest BCUT2D eigenvalue weighted by atomic mass is 32.2. The van der Waals surface area contributed by atoms with Crippen LogP contribution in [0.1, 0.15) is 38.1 Å². The van der Waals surface area contributed by atoms with Gasteiger partial charge in [-0.25, -0.2) is 8.42 Å². The van der Waals surface area contributed by atoms with E-state index in [9.17, 15) is 8.42 Å². The van der Waals surface area contributed by atoms with Crippen LogP contribution in [0.4, 0.5) is 5.88 Å². The molecule has 164 valence electrons. The minimum Gasteiger partial charge on any atom is -0.494 e. The van der Waals surface area contributed by atoms with Crippen LogP contribution in [0.15, 0.2) is 68.9 Å². The molecule has 1 fully saturated rings. The van der Waals surface area contributed by atoms with E-state index < -0.39 is 9.84 Å². The molecule has 1 aliphatic rings. The minimum atomic E-state index is -3.84. The topological polar surface area (TPSA) is 72.6 Å². The van der Waals surface area contributed by atoms with Crippen LogP contribution in [-0.2, 0) is 16.3 Å². The first-order valence-electron chi connectivity index (χ1n) is 10.7. The van der Waals surface area contributed by atoms with Gasteiger partial charge in [-0.1, -0.05) is 37.3 Å². The average molecular weight is 441 g/mol. The van der Waals surface area contributed by atoms with Crippen LogP contribution in [0, 0.1) is 5.92 Å². The Morgan fingerprint density at radius 3 is 2.39 bits per heavy atom. The maximum atomic E-state index is 13.5.